The first-order chi connectivity index (χ1) is 15.7. The number of anilines is 3. The van der Waals surface area contributed by atoms with E-state index in [9.17, 15) is 14.0 Å². The highest BCUT2D eigenvalue weighted by Crippen LogP contribution is 2.34. The van der Waals surface area contributed by atoms with Crippen LogP contribution in [0.5, 0.6) is 5.75 Å². The van der Waals surface area contributed by atoms with Gasteiger partial charge in [0.25, 0.3) is 0 Å². The second-order valence-electron chi connectivity index (χ2n) is 8.13. The number of benzene rings is 2. The van der Waals surface area contributed by atoms with Crippen LogP contribution in [-0.4, -0.2) is 49.5 Å². The van der Waals surface area contributed by atoms with E-state index in [-0.39, 0.29) is 22.5 Å². The molecule has 1 aliphatic rings. The Labute approximate surface area is 196 Å². The zero-order valence-corrected chi connectivity index (χ0v) is 19.2. The average Bonchev–Trinajstić information content (AvgIpc) is 3.27. The Bertz CT molecular complexity index is 998. The number of amides is 2. The predicted octanol–water partition coefficient (Wildman–Crippen LogP) is 4.84. The molecule has 1 saturated heterocycles. The van der Waals surface area contributed by atoms with E-state index >= 15 is 0 Å². The number of ether oxygens (including phenoxy) is 2. The maximum Gasteiger partial charge on any atom is 0.341 e. The molecule has 0 radical (unpaired) electrons. The Morgan fingerprint density at radius 1 is 1.24 bits per heavy atom. The van der Waals surface area contributed by atoms with Crippen LogP contribution in [0.3, 0.4) is 0 Å². The molecule has 1 fully saturated rings. The highest BCUT2D eigenvalue weighted by molar-refractivity contribution is 6.30. The summed E-state index contributed by atoms with van der Waals surface area (Å²) in [4.78, 5) is 25.8. The number of nitrogens with zero attached hydrogens (tertiary/aromatic N) is 1. The number of carbonyl (C=O) groups excluding carboxylic acids is 1. The van der Waals surface area contributed by atoms with E-state index in [1.807, 2.05) is 0 Å². The molecule has 1 heterocycles. The van der Waals surface area contributed by atoms with Crippen LogP contribution in [0.2, 0.25) is 5.02 Å². The fourth-order valence-electron chi connectivity index (χ4n) is 3.57. The van der Waals surface area contributed by atoms with Gasteiger partial charge < -0.3 is 30.1 Å². The summed E-state index contributed by atoms with van der Waals surface area (Å²) in [6.07, 6.45) is 0.839. The molecule has 0 spiro atoms. The summed E-state index contributed by atoms with van der Waals surface area (Å²) in [5.41, 5.74) is 1.10. The number of hydrogen-bond acceptors (Lipinski definition) is 5. The summed E-state index contributed by atoms with van der Waals surface area (Å²) in [6.45, 7) is 5.59. The first kappa shape index (κ1) is 24.6. The van der Waals surface area contributed by atoms with Crippen molar-refractivity contribution in [2.45, 2.75) is 26.3 Å². The third-order valence-corrected chi connectivity index (χ3v) is 5.21. The first-order valence-electron chi connectivity index (χ1n) is 10.6. The first-order valence-corrected chi connectivity index (χ1v) is 11.0. The minimum absolute atomic E-state index is 0.0278. The minimum atomic E-state index is -1.12. The number of hydrogen-bond donors (Lipinski definition) is 3. The lowest BCUT2D eigenvalue weighted by atomic mass is 10.1. The summed E-state index contributed by atoms with van der Waals surface area (Å²) in [5.74, 6) is -1.17. The van der Waals surface area contributed by atoms with E-state index < -0.39 is 24.4 Å². The number of nitrogens with one attached hydrogen (secondary N) is 2. The lowest BCUT2D eigenvalue weighted by molar-refractivity contribution is -0.139. The van der Waals surface area contributed by atoms with Crippen LogP contribution >= 0.6 is 11.6 Å². The van der Waals surface area contributed by atoms with Gasteiger partial charge in [-0.2, -0.15) is 0 Å². The summed E-state index contributed by atoms with van der Waals surface area (Å²) in [6, 6.07) is 8.38. The van der Waals surface area contributed by atoms with Gasteiger partial charge in [-0.15, -0.1) is 0 Å². The van der Waals surface area contributed by atoms with E-state index in [1.54, 1.807) is 18.2 Å². The van der Waals surface area contributed by atoms with E-state index in [0.717, 1.165) is 18.2 Å². The normalized spacial score (nSPS) is 15.4. The van der Waals surface area contributed by atoms with Crippen LogP contribution in [0.1, 0.15) is 20.3 Å². The molecule has 0 aliphatic carbocycles. The van der Waals surface area contributed by atoms with Crippen molar-refractivity contribution in [1.82, 2.24) is 0 Å². The maximum atomic E-state index is 14.1. The van der Waals surface area contributed by atoms with Crippen LogP contribution in [0.15, 0.2) is 36.4 Å². The molecule has 2 aromatic rings. The van der Waals surface area contributed by atoms with Crippen molar-refractivity contribution >= 4 is 40.7 Å². The molecule has 0 saturated carbocycles. The molecular formula is C23H27ClFN3O5. The van der Waals surface area contributed by atoms with Crippen LogP contribution in [0, 0.1) is 11.7 Å². The van der Waals surface area contributed by atoms with Gasteiger partial charge in [-0.1, -0.05) is 25.4 Å². The molecule has 10 heteroatoms. The number of carboxylic acid groups (broad SMARTS) is 1. The van der Waals surface area contributed by atoms with E-state index in [0.29, 0.717) is 31.4 Å². The molecule has 0 bridgehead atoms. The van der Waals surface area contributed by atoms with Crippen molar-refractivity contribution in [2.24, 2.45) is 5.92 Å². The summed E-state index contributed by atoms with van der Waals surface area (Å²) < 4.78 is 25.0. The Kier molecular flexibility index (Phi) is 8.35. The Balaban J connectivity index is 1.89. The number of urea groups is 1. The fourth-order valence-corrected chi connectivity index (χ4v) is 3.73. The quantitative estimate of drug-likeness (QED) is 0.476. The van der Waals surface area contributed by atoms with Crippen LogP contribution in [0.25, 0.3) is 0 Å². The predicted molar refractivity (Wildman–Crippen MR) is 125 cm³/mol. The van der Waals surface area contributed by atoms with Gasteiger partial charge in [0.1, 0.15) is 11.6 Å². The topological polar surface area (TPSA) is 100 Å². The average molecular weight is 480 g/mol. The lowest BCUT2D eigenvalue weighted by Gasteiger charge is -2.33. The van der Waals surface area contributed by atoms with Crippen LogP contribution < -0.4 is 20.3 Å². The maximum absolute atomic E-state index is 14.1. The molecular weight excluding hydrogens is 453 g/mol. The largest absolute Gasteiger partial charge is 0.482 e. The van der Waals surface area contributed by atoms with E-state index in [2.05, 4.69) is 29.4 Å². The van der Waals surface area contributed by atoms with E-state index in [4.69, 9.17) is 26.2 Å². The van der Waals surface area contributed by atoms with Crippen molar-refractivity contribution in [3.05, 3.63) is 47.2 Å². The Morgan fingerprint density at radius 2 is 2.00 bits per heavy atom. The van der Waals surface area contributed by atoms with Crippen molar-refractivity contribution in [2.75, 3.05) is 41.9 Å². The summed E-state index contributed by atoms with van der Waals surface area (Å²) in [5, 5.41) is 14.3. The number of halogens is 2. The van der Waals surface area contributed by atoms with Crippen molar-refractivity contribution < 1.29 is 28.6 Å². The number of aliphatic carboxylic acids is 1. The monoisotopic (exact) mass is 479 g/mol. The number of carboxylic acids is 1. The highest BCUT2D eigenvalue weighted by Gasteiger charge is 2.27. The van der Waals surface area contributed by atoms with Gasteiger partial charge in [-0.25, -0.2) is 14.0 Å². The van der Waals surface area contributed by atoms with Crippen molar-refractivity contribution in [3.8, 4) is 5.75 Å². The molecule has 3 rings (SSSR count). The second-order valence-corrected chi connectivity index (χ2v) is 8.56. The molecule has 1 atom stereocenters. The summed E-state index contributed by atoms with van der Waals surface area (Å²) in [7, 11) is 0. The Hall–Kier alpha value is -3.04. The lowest BCUT2D eigenvalue weighted by Crippen LogP contribution is -2.39. The zero-order valence-electron chi connectivity index (χ0n) is 18.4. The van der Waals surface area contributed by atoms with Gasteiger partial charge in [0.15, 0.2) is 6.61 Å². The standard InChI is InChI=1S/C23H27ClFN3O5/c1-14(2)11-28(16-7-8-32-12-16)21-6-4-17(33-13-22(29)30)10-20(21)27-23(31)26-19-5-3-15(24)9-18(19)25/h3-6,9-10,14,16H,7-8,11-13H2,1-2H3,(H,29,30)(H2,26,27,31). The molecule has 0 aromatic heterocycles. The molecule has 178 valence electrons. The van der Waals surface area contributed by atoms with Crippen molar-refractivity contribution in [1.29, 1.82) is 0 Å². The van der Waals surface area contributed by atoms with Crippen molar-refractivity contribution in [3.63, 3.8) is 0 Å². The van der Waals surface area contributed by atoms with Gasteiger partial charge in [-0.05, 0) is 42.7 Å². The van der Waals surface area contributed by atoms with Gasteiger partial charge in [-0.3, -0.25) is 0 Å². The molecule has 2 aromatic carbocycles. The Morgan fingerprint density at radius 3 is 2.64 bits per heavy atom. The van der Waals surface area contributed by atoms with Gasteiger partial charge in [0.2, 0.25) is 0 Å². The smallest absolute Gasteiger partial charge is 0.341 e. The fraction of sp³-hybridized carbons (Fsp3) is 0.391. The highest BCUT2D eigenvalue weighted by atomic mass is 35.5. The molecule has 2 amide bonds. The molecule has 3 N–H and O–H groups in total. The van der Waals surface area contributed by atoms with Crippen LogP contribution in [-0.2, 0) is 9.53 Å². The molecule has 33 heavy (non-hydrogen) atoms. The van der Waals surface area contributed by atoms with Gasteiger partial charge in [0, 0.05) is 24.2 Å². The minimum Gasteiger partial charge on any atom is -0.482 e. The van der Waals surface area contributed by atoms with Gasteiger partial charge >= 0.3 is 12.0 Å². The summed E-state index contributed by atoms with van der Waals surface area (Å²) >= 11 is 5.77. The molecule has 1 aliphatic heterocycles. The van der Waals surface area contributed by atoms with Crippen LogP contribution in [0.4, 0.5) is 26.2 Å². The zero-order chi connectivity index (χ0) is 24.0. The molecule has 1 unspecified atom stereocenters. The van der Waals surface area contributed by atoms with Gasteiger partial charge in [0.05, 0.1) is 29.7 Å². The van der Waals surface area contributed by atoms with E-state index in [1.165, 1.54) is 12.1 Å². The second kappa shape index (κ2) is 11.2. The third-order valence-electron chi connectivity index (χ3n) is 4.98. The molecule has 8 nitrogen and oxygen atoms in total. The third kappa shape index (κ3) is 6.97. The number of carbonyl (C=O) groups is 2. The number of rotatable bonds is 9. The SMILES string of the molecule is CC(C)CN(c1ccc(OCC(=O)O)cc1NC(=O)Nc1ccc(Cl)cc1F)C1CCOC1.